The molecule has 1 heterocycles. The van der Waals surface area contributed by atoms with Crippen LogP contribution < -0.4 is 0 Å². The molecule has 0 saturated heterocycles. The van der Waals surface area contributed by atoms with Crippen LogP contribution in [0.15, 0.2) is 22.0 Å². The normalized spacial score (nSPS) is 10.6. The van der Waals surface area contributed by atoms with Crippen LogP contribution >= 0.6 is 27.3 Å². The summed E-state index contributed by atoms with van der Waals surface area (Å²) in [6.45, 7) is 2.20. The number of carbonyl (C=O) groups is 1. The van der Waals surface area contributed by atoms with E-state index in [1.165, 1.54) is 6.08 Å². The van der Waals surface area contributed by atoms with Crippen LogP contribution in [0.25, 0.3) is 6.08 Å². The molecule has 0 aromatic carbocycles. The molecule has 0 aliphatic heterocycles. The average molecular weight is 261 g/mol. The Bertz CT molecular complexity index is 317. The maximum absolute atomic E-state index is 10.9. The minimum atomic E-state index is -0.303. The van der Waals surface area contributed by atoms with Crippen molar-refractivity contribution in [1.29, 1.82) is 0 Å². The van der Waals surface area contributed by atoms with Crippen LogP contribution in [0.1, 0.15) is 11.8 Å². The second-order valence-corrected chi connectivity index (χ2v) is 4.02. The molecule has 0 N–H and O–H groups in total. The number of ether oxygens (including phenoxy) is 1. The van der Waals surface area contributed by atoms with E-state index >= 15 is 0 Å². The highest BCUT2D eigenvalue weighted by molar-refractivity contribution is 9.10. The highest BCUT2D eigenvalue weighted by Crippen LogP contribution is 2.23. The van der Waals surface area contributed by atoms with Gasteiger partial charge in [-0.15, -0.1) is 11.3 Å². The van der Waals surface area contributed by atoms with Gasteiger partial charge < -0.3 is 4.74 Å². The van der Waals surface area contributed by atoms with E-state index in [4.69, 9.17) is 4.74 Å². The molecule has 2 nitrogen and oxygen atoms in total. The second kappa shape index (κ2) is 5.19. The quantitative estimate of drug-likeness (QED) is 0.617. The van der Waals surface area contributed by atoms with Gasteiger partial charge in [0, 0.05) is 15.4 Å². The summed E-state index contributed by atoms with van der Waals surface area (Å²) in [5.74, 6) is -0.303. The fraction of sp³-hybridized carbons (Fsp3) is 0.222. The molecule has 0 amide bonds. The third-order valence-electron chi connectivity index (χ3n) is 1.30. The Morgan fingerprint density at radius 3 is 3.08 bits per heavy atom. The van der Waals surface area contributed by atoms with Gasteiger partial charge in [-0.25, -0.2) is 4.79 Å². The number of rotatable bonds is 3. The molecule has 0 fully saturated rings. The molecule has 1 rings (SSSR count). The lowest BCUT2D eigenvalue weighted by atomic mass is 10.4. The number of hydrogen-bond acceptors (Lipinski definition) is 3. The Balaban J connectivity index is 2.58. The summed E-state index contributed by atoms with van der Waals surface area (Å²) in [5, 5.41) is 1.95. The average Bonchev–Trinajstić information content (AvgIpc) is 2.48. The van der Waals surface area contributed by atoms with Gasteiger partial charge in [-0.3, -0.25) is 0 Å². The first-order valence-electron chi connectivity index (χ1n) is 3.82. The van der Waals surface area contributed by atoms with Crippen LogP contribution in [0.2, 0.25) is 0 Å². The van der Waals surface area contributed by atoms with Crippen molar-refractivity contribution in [2.75, 3.05) is 6.61 Å². The maximum Gasteiger partial charge on any atom is 0.330 e. The summed E-state index contributed by atoms with van der Waals surface area (Å²) in [5.41, 5.74) is 0. The van der Waals surface area contributed by atoms with Gasteiger partial charge in [0.2, 0.25) is 0 Å². The lowest BCUT2D eigenvalue weighted by Crippen LogP contribution is -1.98. The van der Waals surface area contributed by atoms with Crippen molar-refractivity contribution in [3.05, 3.63) is 26.9 Å². The first kappa shape index (κ1) is 10.5. The molecule has 70 valence electrons. The van der Waals surface area contributed by atoms with Gasteiger partial charge in [-0.2, -0.15) is 0 Å². The van der Waals surface area contributed by atoms with Crippen LogP contribution in [0.3, 0.4) is 0 Å². The lowest BCUT2D eigenvalue weighted by Gasteiger charge is -1.93. The van der Waals surface area contributed by atoms with Crippen molar-refractivity contribution in [2.24, 2.45) is 0 Å². The number of esters is 1. The molecule has 1 aromatic rings. The monoisotopic (exact) mass is 260 g/mol. The predicted octanol–water partition coefficient (Wildman–Crippen LogP) is 3.09. The number of thiophene rings is 1. The molecule has 0 aliphatic rings. The fourth-order valence-electron chi connectivity index (χ4n) is 0.758. The van der Waals surface area contributed by atoms with E-state index in [0.29, 0.717) is 6.61 Å². The van der Waals surface area contributed by atoms with Crippen molar-refractivity contribution in [1.82, 2.24) is 0 Å². The first-order chi connectivity index (χ1) is 6.24. The zero-order valence-corrected chi connectivity index (χ0v) is 9.52. The Kier molecular flexibility index (Phi) is 4.18. The third kappa shape index (κ3) is 3.32. The maximum atomic E-state index is 10.9. The summed E-state index contributed by atoms with van der Waals surface area (Å²) in [6.07, 6.45) is 3.17. The van der Waals surface area contributed by atoms with Gasteiger partial charge in [0.25, 0.3) is 0 Å². The van der Waals surface area contributed by atoms with Crippen molar-refractivity contribution >= 4 is 39.3 Å². The van der Waals surface area contributed by atoms with E-state index in [1.807, 2.05) is 11.4 Å². The van der Waals surface area contributed by atoms with E-state index in [9.17, 15) is 4.79 Å². The van der Waals surface area contributed by atoms with Gasteiger partial charge in [0.05, 0.1) is 6.61 Å². The van der Waals surface area contributed by atoms with E-state index in [0.717, 1.165) is 9.35 Å². The molecule has 0 saturated carbocycles. The SMILES string of the molecule is CCOC(=O)/C=C/c1sccc1Br. The van der Waals surface area contributed by atoms with Gasteiger partial charge in [0.1, 0.15) is 0 Å². The molecule has 0 spiro atoms. The summed E-state index contributed by atoms with van der Waals surface area (Å²) in [6, 6.07) is 1.94. The number of carbonyl (C=O) groups excluding carboxylic acids is 1. The van der Waals surface area contributed by atoms with E-state index in [2.05, 4.69) is 15.9 Å². The van der Waals surface area contributed by atoms with Gasteiger partial charge in [-0.05, 0) is 40.4 Å². The smallest absolute Gasteiger partial charge is 0.330 e. The predicted molar refractivity (Wildman–Crippen MR) is 57.7 cm³/mol. The Labute approximate surface area is 89.3 Å². The highest BCUT2D eigenvalue weighted by atomic mass is 79.9. The minimum Gasteiger partial charge on any atom is -0.463 e. The molecule has 1 aromatic heterocycles. The summed E-state index contributed by atoms with van der Waals surface area (Å²) < 4.78 is 5.74. The van der Waals surface area contributed by atoms with Gasteiger partial charge >= 0.3 is 5.97 Å². The molecule has 4 heteroatoms. The van der Waals surface area contributed by atoms with Gasteiger partial charge in [0.15, 0.2) is 0 Å². The Morgan fingerprint density at radius 2 is 2.54 bits per heavy atom. The van der Waals surface area contributed by atoms with Crippen molar-refractivity contribution in [2.45, 2.75) is 6.92 Å². The van der Waals surface area contributed by atoms with E-state index in [-0.39, 0.29) is 5.97 Å². The van der Waals surface area contributed by atoms with Crippen LogP contribution in [-0.2, 0) is 9.53 Å². The zero-order valence-electron chi connectivity index (χ0n) is 7.12. The Hall–Kier alpha value is -0.610. The third-order valence-corrected chi connectivity index (χ3v) is 3.14. The first-order valence-corrected chi connectivity index (χ1v) is 5.49. The summed E-state index contributed by atoms with van der Waals surface area (Å²) in [4.78, 5) is 12.0. The van der Waals surface area contributed by atoms with E-state index in [1.54, 1.807) is 24.3 Å². The standard InChI is InChI=1S/C9H9BrO2S/c1-2-12-9(11)4-3-8-7(10)5-6-13-8/h3-6H,2H2,1H3/b4-3+. The summed E-state index contributed by atoms with van der Waals surface area (Å²) in [7, 11) is 0. The molecular weight excluding hydrogens is 252 g/mol. The largest absolute Gasteiger partial charge is 0.463 e. The molecule has 0 atom stereocenters. The number of halogens is 1. The van der Waals surface area contributed by atoms with Crippen LogP contribution in [-0.4, -0.2) is 12.6 Å². The lowest BCUT2D eigenvalue weighted by molar-refractivity contribution is -0.137. The van der Waals surface area contributed by atoms with Crippen LogP contribution in [0.4, 0.5) is 0 Å². The molecule has 0 bridgehead atoms. The van der Waals surface area contributed by atoms with Gasteiger partial charge in [-0.1, -0.05) is 0 Å². The van der Waals surface area contributed by atoms with E-state index < -0.39 is 0 Å². The molecule has 13 heavy (non-hydrogen) atoms. The molecule has 0 radical (unpaired) electrons. The highest BCUT2D eigenvalue weighted by Gasteiger charge is 1.98. The Morgan fingerprint density at radius 1 is 1.77 bits per heavy atom. The van der Waals surface area contributed by atoms with Crippen molar-refractivity contribution in [3.63, 3.8) is 0 Å². The van der Waals surface area contributed by atoms with Crippen molar-refractivity contribution in [3.8, 4) is 0 Å². The second-order valence-electron chi connectivity index (χ2n) is 2.22. The van der Waals surface area contributed by atoms with Crippen LogP contribution in [0.5, 0.6) is 0 Å². The fourth-order valence-corrected chi connectivity index (χ4v) is 2.16. The van der Waals surface area contributed by atoms with Crippen molar-refractivity contribution < 1.29 is 9.53 Å². The minimum absolute atomic E-state index is 0.303. The molecule has 0 unspecified atom stereocenters. The molecular formula is C9H9BrO2S. The number of hydrogen-bond donors (Lipinski definition) is 0. The summed E-state index contributed by atoms with van der Waals surface area (Å²) >= 11 is 4.93. The zero-order chi connectivity index (χ0) is 9.68. The molecule has 0 aliphatic carbocycles. The van der Waals surface area contributed by atoms with Crippen LogP contribution in [0, 0.1) is 0 Å². The topological polar surface area (TPSA) is 26.3 Å².